The van der Waals surface area contributed by atoms with E-state index >= 15 is 0 Å². The van der Waals surface area contributed by atoms with Crippen molar-refractivity contribution in [1.29, 1.82) is 0 Å². The van der Waals surface area contributed by atoms with Crippen LogP contribution < -0.4 is 5.32 Å². The maximum atomic E-state index is 12.9. The third-order valence-corrected chi connectivity index (χ3v) is 4.44. The minimum atomic E-state index is -4.62. The lowest BCUT2D eigenvalue weighted by molar-refractivity contribution is -0.138. The number of nitrogens with one attached hydrogen (secondary N) is 1. The molecule has 1 rings (SSSR count). The number of hydrogen-bond acceptors (Lipinski definition) is 2. The summed E-state index contributed by atoms with van der Waals surface area (Å²) in [6.07, 6.45) is -3.15. The SMILES string of the molecule is CC(CNC(=O)c1ccc(Br)cc1C(F)(F)F)S(C)=O. The predicted molar refractivity (Wildman–Crippen MR) is 75.0 cm³/mol. The molecule has 0 aliphatic carbocycles. The summed E-state index contributed by atoms with van der Waals surface area (Å²) >= 11 is 2.95. The van der Waals surface area contributed by atoms with Gasteiger partial charge in [-0.15, -0.1) is 0 Å². The van der Waals surface area contributed by atoms with Crippen LogP contribution in [0, 0.1) is 0 Å². The fraction of sp³-hybridized carbons (Fsp3) is 0.417. The summed E-state index contributed by atoms with van der Waals surface area (Å²) in [7, 11) is -1.15. The van der Waals surface area contributed by atoms with Gasteiger partial charge in [0.2, 0.25) is 0 Å². The van der Waals surface area contributed by atoms with E-state index in [1.807, 2.05) is 0 Å². The van der Waals surface area contributed by atoms with Gasteiger partial charge < -0.3 is 5.32 Å². The highest BCUT2D eigenvalue weighted by Gasteiger charge is 2.35. The normalized spacial score (nSPS) is 14.7. The summed E-state index contributed by atoms with van der Waals surface area (Å²) < 4.78 is 50.0. The Kier molecular flexibility index (Phi) is 5.76. The van der Waals surface area contributed by atoms with Crippen molar-refractivity contribution < 1.29 is 22.2 Å². The summed E-state index contributed by atoms with van der Waals surface area (Å²) in [5, 5.41) is 2.03. The fourth-order valence-electron chi connectivity index (χ4n) is 1.40. The molecular formula is C12H13BrF3NO2S. The Labute approximate surface area is 125 Å². The van der Waals surface area contributed by atoms with Crippen LogP contribution in [0.3, 0.4) is 0 Å². The molecule has 1 aromatic rings. The van der Waals surface area contributed by atoms with E-state index in [0.29, 0.717) is 0 Å². The Hall–Kier alpha value is -0.890. The quantitative estimate of drug-likeness (QED) is 0.884. The molecule has 2 atom stereocenters. The first-order valence-corrected chi connectivity index (χ1v) is 8.01. The summed E-state index contributed by atoms with van der Waals surface area (Å²) in [5.74, 6) is -0.831. The van der Waals surface area contributed by atoms with Gasteiger partial charge in [-0.2, -0.15) is 13.2 Å². The van der Waals surface area contributed by atoms with Gasteiger partial charge >= 0.3 is 6.18 Å². The summed E-state index contributed by atoms with van der Waals surface area (Å²) in [4.78, 5) is 11.8. The maximum absolute atomic E-state index is 12.9. The van der Waals surface area contributed by atoms with Gasteiger partial charge in [-0.3, -0.25) is 9.00 Å². The monoisotopic (exact) mass is 371 g/mol. The molecule has 0 heterocycles. The van der Waals surface area contributed by atoms with Crippen LogP contribution >= 0.6 is 15.9 Å². The number of amides is 1. The first-order chi connectivity index (χ1) is 9.12. The van der Waals surface area contributed by atoms with Crippen molar-refractivity contribution >= 4 is 32.6 Å². The Balaban J connectivity index is 2.96. The molecule has 0 bridgehead atoms. The van der Waals surface area contributed by atoms with E-state index in [2.05, 4.69) is 21.2 Å². The highest BCUT2D eigenvalue weighted by atomic mass is 79.9. The second-order valence-electron chi connectivity index (χ2n) is 4.21. The summed E-state index contributed by atoms with van der Waals surface area (Å²) in [5.41, 5.74) is -1.45. The van der Waals surface area contributed by atoms with Crippen molar-refractivity contribution in [3.8, 4) is 0 Å². The molecule has 8 heteroatoms. The van der Waals surface area contributed by atoms with Gasteiger partial charge in [0.25, 0.3) is 5.91 Å². The van der Waals surface area contributed by atoms with Crippen LogP contribution in [0.15, 0.2) is 22.7 Å². The fourth-order valence-corrected chi connectivity index (χ4v) is 2.08. The number of halogens is 4. The molecule has 0 fully saturated rings. The largest absolute Gasteiger partial charge is 0.417 e. The van der Waals surface area contributed by atoms with Gasteiger partial charge in [0.15, 0.2) is 0 Å². The van der Waals surface area contributed by atoms with Gasteiger partial charge in [-0.25, -0.2) is 0 Å². The smallest absolute Gasteiger partial charge is 0.351 e. The minimum absolute atomic E-state index is 0.0509. The number of carbonyl (C=O) groups is 1. The minimum Gasteiger partial charge on any atom is -0.351 e. The third kappa shape index (κ3) is 4.59. The van der Waals surface area contributed by atoms with Crippen LogP contribution in [-0.2, 0) is 17.0 Å². The predicted octanol–water partition coefficient (Wildman–Crippen LogP) is 2.96. The van der Waals surface area contributed by atoms with Crippen LogP contribution in [0.1, 0.15) is 22.8 Å². The molecule has 1 N–H and O–H groups in total. The third-order valence-electron chi connectivity index (χ3n) is 2.65. The molecule has 0 spiro atoms. The second-order valence-corrected chi connectivity index (χ2v) is 6.92. The van der Waals surface area contributed by atoms with E-state index < -0.39 is 34.0 Å². The van der Waals surface area contributed by atoms with E-state index in [4.69, 9.17) is 0 Å². The van der Waals surface area contributed by atoms with Gasteiger partial charge in [-0.1, -0.05) is 15.9 Å². The van der Waals surface area contributed by atoms with Crippen molar-refractivity contribution in [3.63, 3.8) is 0 Å². The summed E-state index contributed by atoms with van der Waals surface area (Å²) in [6, 6.07) is 3.33. The molecule has 0 radical (unpaired) electrons. The maximum Gasteiger partial charge on any atom is 0.417 e. The number of benzene rings is 1. The Morgan fingerprint density at radius 1 is 1.45 bits per heavy atom. The average molecular weight is 372 g/mol. The van der Waals surface area contributed by atoms with Crippen molar-refractivity contribution in [2.45, 2.75) is 18.3 Å². The lowest BCUT2D eigenvalue weighted by atomic mass is 10.1. The molecule has 1 amide bonds. The van der Waals surface area contributed by atoms with Crippen LogP contribution in [0.25, 0.3) is 0 Å². The molecule has 112 valence electrons. The molecule has 2 unspecified atom stereocenters. The Morgan fingerprint density at radius 3 is 2.55 bits per heavy atom. The zero-order valence-electron chi connectivity index (χ0n) is 10.8. The van der Waals surface area contributed by atoms with Crippen molar-refractivity contribution in [2.75, 3.05) is 12.8 Å². The number of hydrogen-bond donors (Lipinski definition) is 1. The van der Waals surface area contributed by atoms with Gasteiger partial charge in [-0.05, 0) is 25.1 Å². The molecule has 3 nitrogen and oxygen atoms in total. The Bertz CT molecular complexity index is 534. The molecule has 20 heavy (non-hydrogen) atoms. The zero-order valence-corrected chi connectivity index (χ0v) is 13.2. The van der Waals surface area contributed by atoms with Gasteiger partial charge in [0.05, 0.1) is 11.1 Å². The van der Waals surface area contributed by atoms with E-state index in [-0.39, 0.29) is 16.3 Å². The molecule has 0 saturated heterocycles. The van der Waals surface area contributed by atoms with E-state index in [9.17, 15) is 22.2 Å². The van der Waals surface area contributed by atoms with E-state index in [0.717, 1.165) is 12.1 Å². The standard InChI is InChI=1S/C12H13BrF3NO2S/c1-7(20(2)19)6-17-11(18)9-4-3-8(13)5-10(9)12(14,15)16/h3-5,7H,6H2,1-2H3,(H,17,18). The number of alkyl halides is 3. The van der Waals surface area contributed by atoms with Crippen LogP contribution in [0.4, 0.5) is 13.2 Å². The van der Waals surface area contributed by atoms with Crippen LogP contribution in [-0.4, -0.2) is 28.2 Å². The molecule has 0 saturated carbocycles. The van der Waals surface area contributed by atoms with E-state index in [1.54, 1.807) is 6.92 Å². The first kappa shape index (κ1) is 17.2. The molecule has 0 aromatic heterocycles. The highest BCUT2D eigenvalue weighted by molar-refractivity contribution is 9.10. The lowest BCUT2D eigenvalue weighted by Gasteiger charge is -2.14. The van der Waals surface area contributed by atoms with Crippen molar-refractivity contribution in [3.05, 3.63) is 33.8 Å². The average Bonchev–Trinajstić information content (AvgIpc) is 2.34. The van der Waals surface area contributed by atoms with Crippen LogP contribution in [0.5, 0.6) is 0 Å². The van der Waals surface area contributed by atoms with Crippen LogP contribution in [0.2, 0.25) is 0 Å². The zero-order chi connectivity index (χ0) is 15.5. The number of rotatable bonds is 4. The van der Waals surface area contributed by atoms with Crippen molar-refractivity contribution in [2.24, 2.45) is 0 Å². The van der Waals surface area contributed by atoms with E-state index in [1.165, 1.54) is 12.3 Å². The van der Waals surface area contributed by atoms with Crippen molar-refractivity contribution in [1.82, 2.24) is 5.32 Å². The van der Waals surface area contributed by atoms with Gasteiger partial charge in [0, 0.05) is 33.3 Å². The molecular weight excluding hydrogens is 359 g/mol. The highest BCUT2D eigenvalue weighted by Crippen LogP contribution is 2.33. The topological polar surface area (TPSA) is 46.2 Å². The first-order valence-electron chi connectivity index (χ1n) is 5.60. The molecule has 0 aliphatic heterocycles. The summed E-state index contributed by atoms with van der Waals surface area (Å²) in [6.45, 7) is 1.69. The molecule has 1 aromatic carbocycles. The second kappa shape index (κ2) is 6.71. The number of carbonyl (C=O) groups excluding carboxylic acids is 1. The Morgan fingerprint density at radius 2 is 2.05 bits per heavy atom. The molecule has 0 aliphatic rings. The lowest BCUT2D eigenvalue weighted by Crippen LogP contribution is -2.33. The van der Waals surface area contributed by atoms with Gasteiger partial charge in [0.1, 0.15) is 0 Å².